The van der Waals surface area contributed by atoms with Crippen molar-refractivity contribution in [3.8, 4) is 0 Å². The van der Waals surface area contributed by atoms with Crippen LogP contribution in [0.25, 0.3) is 0 Å². The molecule has 1 N–H and O–H groups in total. The first-order valence-electron chi connectivity index (χ1n) is 6.43. The fraction of sp³-hybridized carbons (Fsp3) is 0.250. The number of rotatable bonds is 0. The summed E-state index contributed by atoms with van der Waals surface area (Å²) >= 11 is 6.17. The van der Waals surface area contributed by atoms with Crippen LogP contribution in [-0.4, -0.2) is 6.54 Å². The fourth-order valence-electron chi connectivity index (χ4n) is 3.38. The Kier molecular flexibility index (Phi) is 2.26. The van der Waals surface area contributed by atoms with Crippen molar-refractivity contribution in [3.63, 3.8) is 0 Å². The molecule has 18 heavy (non-hydrogen) atoms. The number of hydrogen-bond donors (Lipinski definition) is 1. The van der Waals surface area contributed by atoms with Gasteiger partial charge in [0.15, 0.2) is 0 Å². The molecule has 0 spiro atoms. The van der Waals surface area contributed by atoms with Crippen molar-refractivity contribution in [2.45, 2.75) is 18.4 Å². The van der Waals surface area contributed by atoms with Crippen LogP contribution in [0.15, 0.2) is 42.5 Å². The van der Waals surface area contributed by atoms with Crippen molar-refractivity contribution in [1.29, 1.82) is 0 Å². The first-order chi connectivity index (χ1) is 8.83. The molecule has 0 aromatic heterocycles. The Morgan fingerprint density at radius 2 is 1.89 bits per heavy atom. The maximum Gasteiger partial charge on any atom is 0.0409 e. The minimum atomic E-state index is 0.442. The van der Waals surface area contributed by atoms with Gasteiger partial charge in [-0.25, -0.2) is 0 Å². The van der Waals surface area contributed by atoms with Crippen molar-refractivity contribution < 1.29 is 0 Å². The van der Waals surface area contributed by atoms with E-state index in [1.807, 2.05) is 6.07 Å². The normalized spacial score (nSPS) is 24.3. The molecule has 0 saturated heterocycles. The van der Waals surface area contributed by atoms with Crippen LogP contribution in [-0.2, 0) is 6.42 Å². The third-order valence-corrected chi connectivity index (χ3v) is 4.46. The molecule has 0 amide bonds. The molecule has 0 radical (unpaired) electrons. The van der Waals surface area contributed by atoms with Gasteiger partial charge in [0.1, 0.15) is 0 Å². The highest BCUT2D eigenvalue weighted by molar-refractivity contribution is 6.30. The van der Waals surface area contributed by atoms with Crippen molar-refractivity contribution in [1.82, 2.24) is 5.32 Å². The lowest BCUT2D eigenvalue weighted by Gasteiger charge is -2.29. The van der Waals surface area contributed by atoms with Crippen molar-refractivity contribution in [3.05, 3.63) is 69.7 Å². The molecule has 2 aromatic carbocycles. The van der Waals surface area contributed by atoms with E-state index in [4.69, 9.17) is 11.6 Å². The topological polar surface area (TPSA) is 12.0 Å². The van der Waals surface area contributed by atoms with E-state index in [1.165, 1.54) is 22.3 Å². The first kappa shape index (κ1) is 10.6. The summed E-state index contributed by atoms with van der Waals surface area (Å²) in [5, 5.41) is 4.51. The Morgan fingerprint density at radius 1 is 1.00 bits per heavy atom. The molecule has 2 heteroatoms. The summed E-state index contributed by atoms with van der Waals surface area (Å²) in [6.07, 6.45) is 1.08. The summed E-state index contributed by atoms with van der Waals surface area (Å²) < 4.78 is 0. The second-order valence-corrected chi connectivity index (χ2v) is 5.63. The lowest BCUT2D eigenvalue weighted by Crippen LogP contribution is -2.31. The molecular weight excluding hydrogens is 242 g/mol. The largest absolute Gasteiger partial charge is 0.309 e. The van der Waals surface area contributed by atoms with Gasteiger partial charge in [-0.15, -0.1) is 0 Å². The van der Waals surface area contributed by atoms with Crippen LogP contribution < -0.4 is 5.32 Å². The molecule has 2 atom stereocenters. The van der Waals surface area contributed by atoms with Crippen molar-refractivity contribution in [2.24, 2.45) is 0 Å². The van der Waals surface area contributed by atoms with Crippen LogP contribution in [0.2, 0.25) is 5.02 Å². The Bertz CT molecular complexity index is 620. The number of halogens is 1. The van der Waals surface area contributed by atoms with E-state index < -0.39 is 0 Å². The number of hydrogen-bond acceptors (Lipinski definition) is 1. The van der Waals surface area contributed by atoms with Gasteiger partial charge in [-0.05, 0) is 40.8 Å². The van der Waals surface area contributed by atoms with E-state index in [9.17, 15) is 0 Å². The zero-order chi connectivity index (χ0) is 12.1. The van der Waals surface area contributed by atoms with E-state index in [1.54, 1.807) is 0 Å². The fourth-order valence-corrected chi connectivity index (χ4v) is 3.56. The highest BCUT2D eigenvalue weighted by atomic mass is 35.5. The van der Waals surface area contributed by atoms with E-state index >= 15 is 0 Å². The van der Waals surface area contributed by atoms with E-state index in [0.29, 0.717) is 12.0 Å². The number of benzene rings is 2. The van der Waals surface area contributed by atoms with Crippen LogP contribution >= 0.6 is 11.6 Å². The highest BCUT2D eigenvalue weighted by Gasteiger charge is 2.33. The summed E-state index contributed by atoms with van der Waals surface area (Å²) in [6.45, 7) is 1.02. The average molecular weight is 256 g/mol. The van der Waals surface area contributed by atoms with Gasteiger partial charge in [0.05, 0.1) is 0 Å². The summed E-state index contributed by atoms with van der Waals surface area (Å²) in [5.74, 6) is 0.452. The standard InChI is InChI=1S/C16H14ClN/c17-11-5-6-13-14(8-11)15-9-18-16(13)7-10-3-1-2-4-12(10)15/h1-6,8,15-16,18H,7,9H2. The van der Waals surface area contributed by atoms with Gasteiger partial charge >= 0.3 is 0 Å². The average Bonchev–Trinajstić information content (AvgIpc) is 2.65. The monoisotopic (exact) mass is 255 g/mol. The number of nitrogens with one attached hydrogen (secondary N) is 1. The predicted molar refractivity (Wildman–Crippen MR) is 74.2 cm³/mol. The van der Waals surface area contributed by atoms with Crippen LogP contribution in [0.1, 0.15) is 34.2 Å². The van der Waals surface area contributed by atoms with Gasteiger partial charge in [0.2, 0.25) is 0 Å². The molecular formula is C16H14ClN. The van der Waals surface area contributed by atoms with Crippen molar-refractivity contribution in [2.75, 3.05) is 6.54 Å². The van der Waals surface area contributed by atoms with Gasteiger partial charge in [-0.3, -0.25) is 0 Å². The van der Waals surface area contributed by atoms with Gasteiger partial charge in [0, 0.05) is 23.5 Å². The minimum Gasteiger partial charge on any atom is -0.309 e. The molecule has 2 bridgehead atoms. The zero-order valence-corrected chi connectivity index (χ0v) is 10.7. The Morgan fingerprint density at radius 3 is 2.83 bits per heavy atom. The lowest BCUT2D eigenvalue weighted by molar-refractivity contribution is 0.500. The molecule has 2 unspecified atom stereocenters. The first-order valence-corrected chi connectivity index (χ1v) is 6.81. The summed E-state index contributed by atoms with van der Waals surface area (Å²) in [7, 11) is 0. The van der Waals surface area contributed by atoms with Crippen LogP contribution in [0, 0.1) is 0 Å². The quantitative estimate of drug-likeness (QED) is 0.757. The molecule has 2 heterocycles. The Labute approximate surface area is 112 Å². The molecule has 3 aliphatic rings. The molecule has 0 fully saturated rings. The minimum absolute atomic E-state index is 0.442. The van der Waals surface area contributed by atoms with Gasteiger partial charge in [-0.1, -0.05) is 41.9 Å². The van der Waals surface area contributed by atoms with Crippen LogP contribution in [0.4, 0.5) is 0 Å². The van der Waals surface area contributed by atoms with Crippen LogP contribution in [0.5, 0.6) is 0 Å². The second-order valence-electron chi connectivity index (χ2n) is 5.19. The van der Waals surface area contributed by atoms with Crippen molar-refractivity contribution >= 4 is 11.6 Å². The SMILES string of the molecule is Clc1ccc2c(c1)C1CNC2Cc2ccccc21. The van der Waals surface area contributed by atoms with E-state index in [2.05, 4.69) is 41.7 Å². The molecule has 2 aliphatic heterocycles. The highest BCUT2D eigenvalue weighted by Crippen LogP contribution is 2.42. The molecule has 2 aromatic rings. The summed E-state index contributed by atoms with van der Waals surface area (Å²) in [6, 6.07) is 15.6. The zero-order valence-electron chi connectivity index (χ0n) is 9.99. The van der Waals surface area contributed by atoms with E-state index in [0.717, 1.165) is 18.0 Å². The van der Waals surface area contributed by atoms with Gasteiger partial charge in [-0.2, -0.15) is 0 Å². The summed E-state index contributed by atoms with van der Waals surface area (Å²) in [4.78, 5) is 0. The second kappa shape index (κ2) is 3.84. The maximum atomic E-state index is 6.17. The maximum absolute atomic E-state index is 6.17. The number of fused-ring (bicyclic) bond motifs is 1. The van der Waals surface area contributed by atoms with Gasteiger partial charge < -0.3 is 5.32 Å². The van der Waals surface area contributed by atoms with Gasteiger partial charge in [0.25, 0.3) is 0 Å². The molecule has 1 aliphatic carbocycles. The van der Waals surface area contributed by atoms with E-state index in [-0.39, 0.29) is 0 Å². The molecule has 0 saturated carbocycles. The third kappa shape index (κ3) is 1.44. The Hall–Kier alpha value is -1.31. The smallest absolute Gasteiger partial charge is 0.0409 e. The summed E-state index contributed by atoms with van der Waals surface area (Å²) in [5.41, 5.74) is 5.78. The lowest BCUT2D eigenvalue weighted by atomic mass is 9.85. The molecule has 5 rings (SSSR count). The third-order valence-electron chi connectivity index (χ3n) is 4.22. The molecule has 90 valence electrons. The predicted octanol–water partition coefficient (Wildman–Crippen LogP) is 3.67. The molecule has 1 nitrogen and oxygen atoms in total. The Balaban J connectivity index is 1.99. The van der Waals surface area contributed by atoms with Crippen LogP contribution in [0.3, 0.4) is 0 Å².